The summed E-state index contributed by atoms with van der Waals surface area (Å²) < 4.78 is 37.9. The van der Waals surface area contributed by atoms with E-state index < -0.39 is 30.1 Å². The van der Waals surface area contributed by atoms with Crippen molar-refractivity contribution in [3.05, 3.63) is 59.2 Å². The molecular formula is C53H90N6O13. The van der Waals surface area contributed by atoms with Crippen molar-refractivity contribution < 1.29 is 62.2 Å². The fraction of sp³-hybridized carbons (Fsp3) is 0.679. The second-order valence-corrected chi connectivity index (χ2v) is 17.9. The number of rotatable bonds is 28. The van der Waals surface area contributed by atoms with E-state index in [-0.39, 0.29) is 37.4 Å². The van der Waals surface area contributed by atoms with Crippen molar-refractivity contribution in [3.63, 3.8) is 0 Å². The molecule has 2 aromatic rings. The molecule has 410 valence electrons. The van der Waals surface area contributed by atoms with Crippen LogP contribution in [0.2, 0.25) is 0 Å². The number of ether oxygens (including phenoxy) is 7. The number of methoxy groups -OCH3 is 1. The largest absolute Gasteiger partial charge is 0.497 e. The van der Waals surface area contributed by atoms with Gasteiger partial charge in [0.05, 0.1) is 73.1 Å². The molecule has 19 heteroatoms. The summed E-state index contributed by atoms with van der Waals surface area (Å²) in [6, 6.07) is 13.1. The van der Waals surface area contributed by atoms with Crippen LogP contribution in [0.3, 0.4) is 0 Å². The number of piperidine rings is 1. The Morgan fingerprint density at radius 1 is 0.833 bits per heavy atom. The number of carboxylic acids is 1. The van der Waals surface area contributed by atoms with Gasteiger partial charge in [0.15, 0.2) is 0 Å². The van der Waals surface area contributed by atoms with Gasteiger partial charge in [-0.25, -0.2) is 4.79 Å². The maximum Gasteiger partial charge on any atom is 0.410 e. The van der Waals surface area contributed by atoms with E-state index in [4.69, 9.17) is 49.7 Å². The minimum absolute atomic E-state index is 0.0715. The molecule has 1 saturated carbocycles. The number of hydrogen-bond donors (Lipinski definition) is 5. The summed E-state index contributed by atoms with van der Waals surface area (Å²) in [6.07, 6.45) is 7.98. The van der Waals surface area contributed by atoms with E-state index in [9.17, 15) is 24.0 Å². The summed E-state index contributed by atoms with van der Waals surface area (Å²) in [5.74, 6) is 0.886. The molecule has 4 amide bonds. The molecule has 0 bridgehead atoms. The highest BCUT2D eigenvalue weighted by Gasteiger charge is 2.26. The van der Waals surface area contributed by atoms with E-state index in [1.165, 1.54) is 32.1 Å². The van der Waals surface area contributed by atoms with Crippen molar-refractivity contribution >= 4 is 29.8 Å². The molecule has 72 heavy (non-hydrogen) atoms. The van der Waals surface area contributed by atoms with E-state index in [0.717, 1.165) is 53.5 Å². The first-order valence-corrected chi connectivity index (χ1v) is 25.8. The van der Waals surface area contributed by atoms with E-state index >= 15 is 0 Å². The average molecular weight is 1020 g/mol. The third kappa shape index (κ3) is 30.1. The van der Waals surface area contributed by atoms with Crippen LogP contribution in [0, 0.1) is 5.92 Å². The molecule has 7 N–H and O–H groups in total. The lowest BCUT2D eigenvalue weighted by Gasteiger charge is -2.33. The van der Waals surface area contributed by atoms with Crippen molar-refractivity contribution in [2.24, 2.45) is 17.4 Å². The quantitative estimate of drug-likeness (QED) is 0.0601. The van der Waals surface area contributed by atoms with E-state index in [1.54, 1.807) is 33.9 Å². The lowest BCUT2D eigenvalue weighted by atomic mass is 9.87. The van der Waals surface area contributed by atoms with Crippen LogP contribution in [0.4, 0.5) is 4.79 Å². The van der Waals surface area contributed by atoms with E-state index in [2.05, 4.69) is 10.6 Å². The first-order chi connectivity index (χ1) is 34.6. The molecule has 1 aliphatic heterocycles. The maximum absolute atomic E-state index is 12.8. The fourth-order valence-corrected chi connectivity index (χ4v) is 7.58. The summed E-state index contributed by atoms with van der Waals surface area (Å²) in [6.45, 7) is 19.7. The number of nitrogens with zero attached hydrogens (tertiary/aromatic N) is 2. The highest BCUT2D eigenvalue weighted by atomic mass is 16.6. The zero-order chi connectivity index (χ0) is 53.6. The standard InChI is InChI=1S/C25H46N2O9.C24H31N3O4.C2H7N.C2H6/c1-25(2,3)36-24(31)27(20-23(29)30)10-12-33-14-16-35-18-17-34-15-13-32-11-9-26-22(28)19-21-7-5-4-6-8-21;1-3-31-22-13-21(30-2)10-9-19(22)14-26-15-23(28)27-11-5-8-20(16-27)17-6-4-7-18(12-17)24(25)29;1-2-3;1-2/h21H,4-20H2,1-3H3,(H,26,28)(H,29,30);4,6-7,9-10,12-13,20,26H,3,5,8,11,14-16H2,1-2H3,(H2,25,29);2-3H2,1H3;1-2H3. The molecule has 2 aliphatic rings. The van der Waals surface area contributed by atoms with Gasteiger partial charge in [-0.05, 0) is 89.6 Å². The molecule has 4 rings (SSSR count). The van der Waals surface area contributed by atoms with Gasteiger partial charge in [-0.2, -0.15) is 0 Å². The van der Waals surface area contributed by atoms with Gasteiger partial charge in [0.1, 0.15) is 23.6 Å². The van der Waals surface area contributed by atoms with Gasteiger partial charge in [0.2, 0.25) is 17.7 Å². The summed E-state index contributed by atoms with van der Waals surface area (Å²) in [5, 5.41) is 15.1. The zero-order valence-electron chi connectivity index (χ0n) is 44.8. The minimum atomic E-state index is -1.12. The fourth-order valence-electron chi connectivity index (χ4n) is 7.58. The van der Waals surface area contributed by atoms with Gasteiger partial charge in [0, 0.05) is 62.3 Å². The van der Waals surface area contributed by atoms with Crippen molar-refractivity contribution in [3.8, 4) is 11.5 Å². The number of nitrogens with two attached hydrogens (primary N) is 2. The van der Waals surface area contributed by atoms with Crippen molar-refractivity contribution in [1.82, 2.24) is 20.4 Å². The second-order valence-electron chi connectivity index (χ2n) is 17.9. The van der Waals surface area contributed by atoms with E-state index in [0.29, 0.717) is 90.4 Å². The number of hydrogen-bond acceptors (Lipinski definition) is 14. The number of primary amides is 1. The highest BCUT2D eigenvalue weighted by molar-refractivity contribution is 5.93. The van der Waals surface area contributed by atoms with Gasteiger partial charge in [0.25, 0.3) is 0 Å². The Labute approximate surface area is 429 Å². The normalized spacial score (nSPS) is 14.5. The second kappa shape index (κ2) is 39.5. The summed E-state index contributed by atoms with van der Waals surface area (Å²) in [4.78, 5) is 62.2. The van der Waals surface area contributed by atoms with Crippen LogP contribution in [-0.4, -0.2) is 163 Å². The molecule has 2 fully saturated rings. The molecular weight excluding hydrogens is 929 g/mol. The van der Waals surface area contributed by atoms with Gasteiger partial charge < -0.3 is 65.3 Å². The van der Waals surface area contributed by atoms with Gasteiger partial charge >= 0.3 is 12.1 Å². The maximum atomic E-state index is 12.8. The Bertz CT molecular complexity index is 1810. The molecule has 19 nitrogen and oxygen atoms in total. The Balaban J connectivity index is 0.000000665. The topological polar surface area (TPSA) is 253 Å². The first kappa shape index (κ1) is 65.0. The van der Waals surface area contributed by atoms with Gasteiger partial charge in [-0.3, -0.25) is 24.1 Å². The van der Waals surface area contributed by atoms with Crippen LogP contribution in [-0.2, 0) is 44.6 Å². The molecule has 1 atom stereocenters. The third-order valence-corrected chi connectivity index (χ3v) is 10.9. The van der Waals surface area contributed by atoms with Crippen LogP contribution < -0.4 is 31.6 Å². The number of carbonyl (C=O) groups excluding carboxylic acids is 4. The zero-order valence-corrected chi connectivity index (χ0v) is 44.8. The number of amides is 4. The minimum Gasteiger partial charge on any atom is -0.497 e. The lowest BCUT2D eigenvalue weighted by Crippen LogP contribution is -2.43. The predicted molar refractivity (Wildman–Crippen MR) is 278 cm³/mol. The molecule has 1 aliphatic carbocycles. The average Bonchev–Trinajstić information content (AvgIpc) is 3.36. The van der Waals surface area contributed by atoms with Gasteiger partial charge in [-0.1, -0.05) is 58.2 Å². The molecule has 0 aromatic heterocycles. The lowest BCUT2D eigenvalue weighted by molar-refractivity contribution is -0.138. The van der Waals surface area contributed by atoms with Crippen molar-refractivity contribution in [1.29, 1.82) is 0 Å². The van der Waals surface area contributed by atoms with Crippen molar-refractivity contribution in [2.45, 2.75) is 118 Å². The Morgan fingerprint density at radius 3 is 2.04 bits per heavy atom. The Morgan fingerprint density at radius 2 is 1.46 bits per heavy atom. The van der Waals surface area contributed by atoms with Crippen molar-refractivity contribution in [2.75, 3.05) is 112 Å². The smallest absolute Gasteiger partial charge is 0.410 e. The van der Waals surface area contributed by atoms with E-state index in [1.807, 2.05) is 69.0 Å². The van der Waals surface area contributed by atoms with Crippen LogP contribution in [0.25, 0.3) is 0 Å². The van der Waals surface area contributed by atoms with Crippen LogP contribution in [0.5, 0.6) is 11.5 Å². The molecule has 0 spiro atoms. The SMILES string of the molecule is CC.CC(C)(C)OC(=O)N(CCOCCOCCOCCOCCNC(=O)CC1CCCCC1)CC(=O)O.CCN.CCOc1cc(OC)ccc1CNCC(=O)N1CCCC(c2cccc(C(N)=O)c2)C1. The number of benzene rings is 2. The number of nitrogens with one attached hydrogen (secondary N) is 2. The first-order valence-electron chi connectivity index (χ1n) is 25.8. The molecule has 0 radical (unpaired) electrons. The molecule has 1 heterocycles. The molecule has 1 unspecified atom stereocenters. The summed E-state index contributed by atoms with van der Waals surface area (Å²) >= 11 is 0. The predicted octanol–water partition coefficient (Wildman–Crippen LogP) is 6.14. The van der Waals surface area contributed by atoms with Crippen LogP contribution >= 0.6 is 0 Å². The summed E-state index contributed by atoms with van der Waals surface area (Å²) in [7, 11) is 1.62. The number of aliphatic carboxylic acids is 1. The Kier molecular flexibility index (Phi) is 35.6. The Hall–Kier alpha value is -5.05. The third-order valence-electron chi connectivity index (χ3n) is 10.9. The summed E-state index contributed by atoms with van der Waals surface area (Å²) in [5.41, 5.74) is 12.1. The van der Waals surface area contributed by atoms with Crippen LogP contribution in [0.1, 0.15) is 127 Å². The molecule has 2 aromatic carbocycles. The number of carboxylic acid groups (broad SMARTS) is 1. The monoisotopic (exact) mass is 1020 g/mol. The number of likely N-dealkylation sites (tertiary alicyclic amines) is 1. The van der Waals surface area contributed by atoms with Gasteiger partial charge in [-0.15, -0.1) is 0 Å². The highest BCUT2D eigenvalue weighted by Crippen LogP contribution is 2.29. The number of carbonyl (C=O) groups is 5. The van der Waals surface area contributed by atoms with Crippen LogP contribution in [0.15, 0.2) is 42.5 Å². The molecule has 1 saturated heterocycles.